The normalized spacial score (nSPS) is 18.4. The Morgan fingerprint density at radius 3 is 2.65 bits per heavy atom. The van der Waals surface area contributed by atoms with Crippen molar-refractivity contribution in [1.82, 2.24) is 25.2 Å². The number of nitrogens with zero attached hydrogens (tertiary/aromatic N) is 4. The molecule has 0 aliphatic carbocycles. The van der Waals surface area contributed by atoms with Gasteiger partial charge in [0, 0.05) is 44.9 Å². The highest BCUT2D eigenvalue weighted by Crippen LogP contribution is 2.35. The minimum atomic E-state index is -0.696. The van der Waals surface area contributed by atoms with Crippen molar-refractivity contribution in [3.63, 3.8) is 0 Å². The van der Waals surface area contributed by atoms with E-state index < -0.39 is 5.41 Å². The lowest BCUT2D eigenvalue weighted by Crippen LogP contribution is -2.54. The van der Waals surface area contributed by atoms with Crippen LogP contribution < -0.4 is 5.32 Å². The number of piperidine rings is 1. The highest BCUT2D eigenvalue weighted by Gasteiger charge is 2.43. The summed E-state index contributed by atoms with van der Waals surface area (Å²) in [5, 5.41) is 2.83. The molecule has 158 valence electrons. The summed E-state index contributed by atoms with van der Waals surface area (Å²) in [6.07, 6.45) is 10.1. The molecule has 2 aromatic heterocycles. The molecule has 0 spiro atoms. The fourth-order valence-corrected chi connectivity index (χ4v) is 4.34. The third kappa shape index (κ3) is 4.45. The van der Waals surface area contributed by atoms with Gasteiger partial charge >= 0.3 is 0 Å². The molecule has 7 nitrogen and oxygen atoms in total. The maximum Gasteiger partial charge on any atom is 0.274 e. The van der Waals surface area contributed by atoms with Crippen LogP contribution in [0.4, 0.5) is 0 Å². The minimum absolute atomic E-state index is 0.0454. The van der Waals surface area contributed by atoms with E-state index in [1.165, 1.54) is 18.6 Å². The second kappa shape index (κ2) is 9.04. The summed E-state index contributed by atoms with van der Waals surface area (Å²) in [5.41, 5.74) is 2.74. The smallest absolute Gasteiger partial charge is 0.274 e. The van der Waals surface area contributed by atoms with Crippen molar-refractivity contribution in [2.75, 3.05) is 20.1 Å². The molecule has 1 fully saturated rings. The number of amides is 2. The van der Waals surface area contributed by atoms with Crippen molar-refractivity contribution in [3.05, 3.63) is 78.6 Å². The fourth-order valence-electron chi connectivity index (χ4n) is 4.34. The Morgan fingerprint density at radius 1 is 1.06 bits per heavy atom. The Hall–Kier alpha value is -3.61. The number of likely N-dealkylation sites (tertiary alicyclic amines) is 1. The van der Waals surface area contributed by atoms with Crippen LogP contribution in [0, 0.1) is 5.41 Å². The van der Waals surface area contributed by atoms with Crippen LogP contribution in [-0.4, -0.2) is 51.8 Å². The zero-order valence-corrected chi connectivity index (χ0v) is 17.5. The molecule has 3 heterocycles. The largest absolute Gasteiger partial charge is 0.359 e. The number of nitrogens with one attached hydrogen (secondary N) is 1. The second-order valence-electron chi connectivity index (χ2n) is 7.90. The molecule has 1 aromatic carbocycles. The Kier molecular flexibility index (Phi) is 6.02. The number of pyridine rings is 1. The lowest BCUT2D eigenvalue weighted by molar-refractivity contribution is -0.133. The van der Waals surface area contributed by atoms with Gasteiger partial charge in [-0.1, -0.05) is 30.3 Å². The first kappa shape index (κ1) is 20.7. The molecule has 1 aliphatic rings. The maximum absolute atomic E-state index is 13.1. The van der Waals surface area contributed by atoms with Crippen molar-refractivity contribution in [3.8, 4) is 11.1 Å². The number of aromatic nitrogens is 3. The molecule has 1 N–H and O–H groups in total. The summed E-state index contributed by atoms with van der Waals surface area (Å²) in [6.45, 7) is 0.947. The number of carbonyl (C=O) groups is 2. The molecule has 0 radical (unpaired) electrons. The van der Waals surface area contributed by atoms with Gasteiger partial charge in [-0.3, -0.25) is 19.6 Å². The van der Waals surface area contributed by atoms with Crippen molar-refractivity contribution in [1.29, 1.82) is 0 Å². The topological polar surface area (TPSA) is 88.1 Å². The average molecular weight is 415 g/mol. The maximum atomic E-state index is 13.1. The van der Waals surface area contributed by atoms with E-state index in [1.807, 2.05) is 36.5 Å². The van der Waals surface area contributed by atoms with Gasteiger partial charge in [-0.15, -0.1) is 0 Å². The van der Waals surface area contributed by atoms with Crippen molar-refractivity contribution < 1.29 is 9.59 Å². The highest BCUT2D eigenvalue weighted by molar-refractivity contribution is 5.93. The van der Waals surface area contributed by atoms with Crippen LogP contribution >= 0.6 is 0 Å². The van der Waals surface area contributed by atoms with E-state index in [4.69, 9.17) is 0 Å². The van der Waals surface area contributed by atoms with Crippen LogP contribution in [0.25, 0.3) is 11.1 Å². The van der Waals surface area contributed by atoms with E-state index in [-0.39, 0.29) is 11.8 Å². The van der Waals surface area contributed by atoms with Crippen LogP contribution in [0.15, 0.2) is 67.4 Å². The van der Waals surface area contributed by atoms with Gasteiger partial charge in [-0.2, -0.15) is 0 Å². The van der Waals surface area contributed by atoms with Gasteiger partial charge < -0.3 is 10.2 Å². The molecule has 3 aromatic rings. The number of hydrogen-bond donors (Lipinski definition) is 1. The first-order chi connectivity index (χ1) is 15.1. The third-order valence-electron chi connectivity index (χ3n) is 5.82. The summed E-state index contributed by atoms with van der Waals surface area (Å²) in [6, 6.07) is 12.1. The lowest BCUT2D eigenvalue weighted by Gasteiger charge is -2.41. The zero-order valence-electron chi connectivity index (χ0n) is 17.5. The Balaban J connectivity index is 1.61. The van der Waals surface area contributed by atoms with E-state index in [2.05, 4.69) is 26.3 Å². The Labute approximate surface area is 181 Å². The van der Waals surface area contributed by atoms with Gasteiger partial charge in [0.15, 0.2) is 0 Å². The Morgan fingerprint density at radius 2 is 1.90 bits per heavy atom. The zero-order chi connectivity index (χ0) is 21.7. The first-order valence-electron chi connectivity index (χ1n) is 10.4. The van der Waals surface area contributed by atoms with Crippen LogP contribution in [0.1, 0.15) is 28.9 Å². The number of hydrogen-bond acceptors (Lipinski definition) is 5. The average Bonchev–Trinajstić information content (AvgIpc) is 2.84. The van der Waals surface area contributed by atoms with Crippen LogP contribution in [-0.2, 0) is 11.2 Å². The number of carbonyl (C=O) groups excluding carboxylic acids is 2. The summed E-state index contributed by atoms with van der Waals surface area (Å²) < 4.78 is 0. The van der Waals surface area contributed by atoms with Crippen molar-refractivity contribution in [2.24, 2.45) is 5.41 Å². The number of benzene rings is 1. The third-order valence-corrected chi connectivity index (χ3v) is 5.82. The second-order valence-corrected chi connectivity index (χ2v) is 7.90. The molecule has 0 saturated carbocycles. The number of rotatable bonds is 5. The van der Waals surface area contributed by atoms with Gasteiger partial charge in [-0.05, 0) is 42.0 Å². The molecule has 1 aliphatic heterocycles. The first-order valence-corrected chi connectivity index (χ1v) is 10.4. The molecule has 4 rings (SSSR count). The van der Waals surface area contributed by atoms with E-state index >= 15 is 0 Å². The summed E-state index contributed by atoms with van der Waals surface area (Å²) in [5.74, 6) is -0.235. The van der Waals surface area contributed by atoms with Crippen LogP contribution in [0.5, 0.6) is 0 Å². The lowest BCUT2D eigenvalue weighted by atomic mass is 9.74. The Bertz CT molecular complexity index is 1060. The van der Waals surface area contributed by atoms with Gasteiger partial charge in [-0.25, -0.2) is 4.98 Å². The molecule has 1 saturated heterocycles. The molecular weight excluding hydrogens is 390 g/mol. The quantitative estimate of drug-likeness (QED) is 0.692. The van der Waals surface area contributed by atoms with Crippen LogP contribution in [0.3, 0.4) is 0 Å². The minimum Gasteiger partial charge on any atom is -0.359 e. The van der Waals surface area contributed by atoms with Crippen molar-refractivity contribution >= 4 is 11.8 Å². The van der Waals surface area contributed by atoms with Crippen LogP contribution in [0.2, 0.25) is 0 Å². The van der Waals surface area contributed by atoms with Gasteiger partial charge in [0.2, 0.25) is 5.91 Å². The van der Waals surface area contributed by atoms with Gasteiger partial charge in [0.05, 0.1) is 11.6 Å². The summed E-state index contributed by atoms with van der Waals surface area (Å²) >= 11 is 0. The molecule has 0 bridgehead atoms. The predicted octanol–water partition coefficient (Wildman–Crippen LogP) is 2.75. The standard InChI is InChI=1S/C24H25N5O2/c1-25-23(31)24(8-4-12-29(17-24)22(30)21-16-27-10-11-28-21)14-18-5-2-6-19(13-18)20-7-3-9-26-15-20/h2-3,5-7,9-11,13,15-16H,4,8,12,14,17H2,1H3,(H,25,31)/t24-/m0/s1. The molecule has 0 unspecified atom stereocenters. The molecule has 2 amide bonds. The fraction of sp³-hybridized carbons (Fsp3) is 0.292. The van der Waals surface area contributed by atoms with E-state index in [0.717, 1.165) is 23.1 Å². The van der Waals surface area contributed by atoms with E-state index in [1.54, 1.807) is 18.1 Å². The van der Waals surface area contributed by atoms with Crippen molar-refractivity contribution in [2.45, 2.75) is 19.3 Å². The van der Waals surface area contributed by atoms with E-state index in [0.29, 0.717) is 31.6 Å². The van der Waals surface area contributed by atoms with E-state index in [9.17, 15) is 9.59 Å². The molecular formula is C24H25N5O2. The molecule has 31 heavy (non-hydrogen) atoms. The highest BCUT2D eigenvalue weighted by atomic mass is 16.2. The summed E-state index contributed by atoms with van der Waals surface area (Å²) in [7, 11) is 1.65. The molecule has 7 heteroatoms. The van der Waals surface area contributed by atoms with Gasteiger partial charge in [0.25, 0.3) is 5.91 Å². The summed E-state index contributed by atoms with van der Waals surface area (Å²) in [4.78, 5) is 40.1. The van der Waals surface area contributed by atoms with Gasteiger partial charge in [0.1, 0.15) is 5.69 Å². The monoisotopic (exact) mass is 415 g/mol. The predicted molar refractivity (Wildman–Crippen MR) is 117 cm³/mol. The SMILES string of the molecule is CNC(=O)[C@]1(Cc2cccc(-c3cccnc3)c2)CCCN(C(=O)c2cnccn2)C1. The molecule has 1 atom stereocenters.